The van der Waals surface area contributed by atoms with Gasteiger partial charge in [0.25, 0.3) is 0 Å². The molecule has 33 heavy (non-hydrogen) atoms. The topological polar surface area (TPSA) is 18.1 Å². The molecule has 8 aromatic rings. The SMILES string of the molecule is c1ccc(-n2c3ccccc3c3c4sc5ccccc5c4c4c5ccccc5oc4c32)cc1. The van der Waals surface area contributed by atoms with E-state index in [1.165, 1.54) is 47.2 Å². The number of thiophene rings is 1. The Labute approximate surface area is 192 Å². The second-order valence-electron chi connectivity index (χ2n) is 8.52. The molecule has 0 aliphatic carbocycles. The standard InChI is InChI=1S/C30H17NOS/c1-2-10-18(11-3-1)31-22-15-7-4-12-19(22)27-28(31)29-25(20-13-5-8-16-23(20)32-29)26-21-14-6-9-17-24(21)33-30(26)27/h1-17H. The predicted octanol–water partition coefficient (Wildman–Crippen LogP) is 9.05. The number of nitrogens with zero attached hydrogens (tertiary/aromatic N) is 1. The van der Waals surface area contributed by atoms with Gasteiger partial charge in [0.1, 0.15) is 5.58 Å². The molecule has 5 aromatic carbocycles. The third-order valence-electron chi connectivity index (χ3n) is 6.77. The molecular weight excluding hydrogens is 422 g/mol. The fourth-order valence-corrected chi connectivity index (χ4v) is 6.73. The van der Waals surface area contributed by atoms with Crippen LogP contribution in [0.25, 0.3) is 69.6 Å². The van der Waals surface area contributed by atoms with Gasteiger partial charge < -0.3 is 8.98 Å². The predicted molar refractivity (Wildman–Crippen MR) is 141 cm³/mol. The zero-order valence-corrected chi connectivity index (χ0v) is 18.4. The summed E-state index contributed by atoms with van der Waals surface area (Å²) in [6, 6.07) is 36.5. The lowest BCUT2D eigenvalue weighted by Crippen LogP contribution is -1.93. The fraction of sp³-hybridized carbons (Fsp3) is 0. The summed E-state index contributed by atoms with van der Waals surface area (Å²) in [5.74, 6) is 0. The van der Waals surface area contributed by atoms with Crippen molar-refractivity contribution in [3.8, 4) is 5.69 Å². The van der Waals surface area contributed by atoms with Gasteiger partial charge in [0.05, 0.1) is 11.0 Å². The van der Waals surface area contributed by atoms with E-state index in [4.69, 9.17) is 4.42 Å². The van der Waals surface area contributed by atoms with E-state index < -0.39 is 0 Å². The molecule has 154 valence electrons. The Morgan fingerprint density at radius 1 is 0.576 bits per heavy atom. The second kappa shape index (κ2) is 6.25. The normalized spacial score (nSPS) is 12.2. The van der Waals surface area contributed by atoms with Crippen LogP contribution in [0.1, 0.15) is 0 Å². The van der Waals surface area contributed by atoms with Crippen LogP contribution in [0.3, 0.4) is 0 Å². The summed E-state index contributed by atoms with van der Waals surface area (Å²) in [6.45, 7) is 0. The van der Waals surface area contributed by atoms with E-state index in [2.05, 4.69) is 108 Å². The number of hydrogen-bond donors (Lipinski definition) is 0. The highest BCUT2D eigenvalue weighted by Crippen LogP contribution is 2.50. The van der Waals surface area contributed by atoms with Gasteiger partial charge in [0.2, 0.25) is 0 Å². The van der Waals surface area contributed by atoms with E-state index in [-0.39, 0.29) is 0 Å². The van der Waals surface area contributed by atoms with Crippen molar-refractivity contribution in [2.24, 2.45) is 0 Å². The largest absolute Gasteiger partial charge is 0.454 e. The monoisotopic (exact) mass is 439 g/mol. The molecule has 0 aliphatic rings. The highest BCUT2D eigenvalue weighted by Gasteiger charge is 2.24. The minimum absolute atomic E-state index is 0.932. The Hall–Kier alpha value is -4.08. The molecule has 8 rings (SSSR count). The molecule has 3 heteroatoms. The first kappa shape index (κ1) is 17.5. The Morgan fingerprint density at radius 2 is 1.27 bits per heavy atom. The molecule has 0 fully saturated rings. The number of fused-ring (bicyclic) bond motifs is 12. The van der Waals surface area contributed by atoms with Crippen molar-refractivity contribution in [2.75, 3.05) is 0 Å². The van der Waals surface area contributed by atoms with Crippen LogP contribution in [0, 0.1) is 0 Å². The van der Waals surface area contributed by atoms with Crippen LogP contribution in [-0.4, -0.2) is 4.57 Å². The van der Waals surface area contributed by atoms with Crippen LogP contribution >= 0.6 is 11.3 Å². The summed E-state index contributed by atoms with van der Waals surface area (Å²) in [7, 11) is 0. The van der Waals surface area contributed by atoms with Crippen molar-refractivity contribution in [1.82, 2.24) is 4.57 Å². The number of hydrogen-bond acceptors (Lipinski definition) is 2. The van der Waals surface area contributed by atoms with Crippen LogP contribution in [-0.2, 0) is 0 Å². The maximum absolute atomic E-state index is 6.67. The zero-order valence-electron chi connectivity index (χ0n) is 17.6. The van der Waals surface area contributed by atoms with Gasteiger partial charge in [-0.2, -0.15) is 0 Å². The molecular formula is C30H17NOS. The van der Waals surface area contributed by atoms with E-state index in [9.17, 15) is 0 Å². The van der Waals surface area contributed by atoms with Crippen molar-refractivity contribution in [3.63, 3.8) is 0 Å². The molecule has 0 saturated heterocycles. The average Bonchev–Trinajstić information content (AvgIpc) is 3.53. The summed E-state index contributed by atoms with van der Waals surface area (Å²) in [6.07, 6.45) is 0. The molecule has 3 heterocycles. The summed E-state index contributed by atoms with van der Waals surface area (Å²) >= 11 is 1.89. The van der Waals surface area contributed by atoms with Gasteiger partial charge in [-0.05, 0) is 30.3 Å². The Bertz CT molecular complexity index is 2020. The number of para-hydroxylation sites is 3. The summed E-state index contributed by atoms with van der Waals surface area (Å²) in [4.78, 5) is 0. The van der Waals surface area contributed by atoms with Crippen LogP contribution in [0.4, 0.5) is 0 Å². The minimum atomic E-state index is 0.932. The van der Waals surface area contributed by atoms with Gasteiger partial charge >= 0.3 is 0 Å². The van der Waals surface area contributed by atoms with Gasteiger partial charge in [0.15, 0.2) is 5.58 Å². The molecule has 0 saturated carbocycles. The Morgan fingerprint density at radius 3 is 2.15 bits per heavy atom. The van der Waals surface area contributed by atoms with Gasteiger partial charge in [-0.1, -0.05) is 72.8 Å². The first-order valence-electron chi connectivity index (χ1n) is 11.1. The molecule has 0 unspecified atom stereocenters. The third-order valence-corrected chi connectivity index (χ3v) is 7.96. The summed E-state index contributed by atoms with van der Waals surface area (Å²) < 4.78 is 11.7. The summed E-state index contributed by atoms with van der Waals surface area (Å²) in [5.41, 5.74) is 5.38. The van der Waals surface area contributed by atoms with Gasteiger partial charge in [-0.3, -0.25) is 0 Å². The van der Waals surface area contributed by atoms with E-state index in [0.29, 0.717) is 0 Å². The van der Waals surface area contributed by atoms with Crippen molar-refractivity contribution in [1.29, 1.82) is 0 Å². The number of rotatable bonds is 1. The van der Waals surface area contributed by atoms with Crippen molar-refractivity contribution in [3.05, 3.63) is 103 Å². The van der Waals surface area contributed by atoms with Gasteiger partial charge in [0, 0.05) is 47.4 Å². The Kier molecular flexibility index (Phi) is 3.31. The van der Waals surface area contributed by atoms with E-state index in [1.54, 1.807) is 0 Å². The quantitative estimate of drug-likeness (QED) is 0.249. The van der Waals surface area contributed by atoms with Crippen LogP contribution < -0.4 is 0 Å². The summed E-state index contributed by atoms with van der Waals surface area (Å²) in [5, 5.41) is 7.53. The second-order valence-corrected chi connectivity index (χ2v) is 9.57. The molecule has 0 aliphatic heterocycles. The molecule has 2 nitrogen and oxygen atoms in total. The lowest BCUT2D eigenvalue weighted by atomic mass is 10.0. The maximum Gasteiger partial charge on any atom is 0.160 e. The van der Waals surface area contributed by atoms with Crippen molar-refractivity contribution >= 4 is 75.3 Å². The molecule has 0 atom stereocenters. The number of benzene rings is 5. The zero-order chi connectivity index (χ0) is 21.5. The van der Waals surface area contributed by atoms with Crippen LogP contribution in [0.15, 0.2) is 108 Å². The molecule has 3 aromatic heterocycles. The first-order valence-corrected chi connectivity index (χ1v) is 11.9. The number of aromatic nitrogens is 1. The van der Waals surface area contributed by atoms with Crippen molar-refractivity contribution < 1.29 is 4.42 Å². The van der Waals surface area contributed by atoms with E-state index in [0.717, 1.165) is 22.4 Å². The highest BCUT2D eigenvalue weighted by atomic mass is 32.1. The van der Waals surface area contributed by atoms with Crippen LogP contribution in [0.2, 0.25) is 0 Å². The maximum atomic E-state index is 6.67. The molecule has 0 bridgehead atoms. The number of furan rings is 1. The Balaban J connectivity index is 1.80. The molecule has 0 radical (unpaired) electrons. The first-order chi connectivity index (χ1) is 16.4. The average molecular weight is 440 g/mol. The fourth-order valence-electron chi connectivity index (χ4n) is 5.46. The van der Waals surface area contributed by atoms with Gasteiger partial charge in [-0.25, -0.2) is 0 Å². The molecule has 0 amide bonds. The van der Waals surface area contributed by atoms with E-state index >= 15 is 0 Å². The third kappa shape index (κ3) is 2.17. The van der Waals surface area contributed by atoms with Crippen molar-refractivity contribution in [2.45, 2.75) is 0 Å². The van der Waals surface area contributed by atoms with Crippen LogP contribution in [0.5, 0.6) is 0 Å². The van der Waals surface area contributed by atoms with E-state index in [1.807, 2.05) is 11.3 Å². The lowest BCUT2D eigenvalue weighted by molar-refractivity contribution is 0.671. The minimum Gasteiger partial charge on any atom is -0.454 e. The van der Waals surface area contributed by atoms with Gasteiger partial charge in [-0.15, -0.1) is 11.3 Å². The molecule has 0 spiro atoms. The lowest BCUT2D eigenvalue weighted by Gasteiger charge is -2.08. The smallest absolute Gasteiger partial charge is 0.160 e. The molecule has 0 N–H and O–H groups in total. The highest BCUT2D eigenvalue weighted by molar-refractivity contribution is 7.27.